The Morgan fingerprint density at radius 3 is 2.73 bits per heavy atom. The van der Waals surface area contributed by atoms with Crippen LogP contribution in [0.15, 0.2) is 12.2 Å². The molecule has 0 spiro atoms. The maximum Gasteiger partial charge on any atom is 0.333 e. The average molecular weight is 159 g/mol. The molecule has 64 valence electrons. The molecule has 0 fully saturated rings. The molecule has 0 aromatic heterocycles. The van der Waals surface area contributed by atoms with E-state index >= 15 is 0 Å². The Morgan fingerprint density at radius 1 is 1.82 bits per heavy atom. The Hall–Kier alpha value is -0.870. The summed E-state index contributed by atoms with van der Waals surface area (Å²) in [6.07, 6.45) is -0.779. The monoisotopic (exact) mass is 159 g/mol. The molecule has 4 heteroatoms. The van der Waals surface area contributed by atoms with Gasteiger partial charge in [0.25, 0.3) is 0 Å². The zero-order valence-corrected chi connectivity index (χ0v) is 6.54. The van der Waals surface area contributed by atoms with Crippen LogP contribution in [0.1, 0.15) is 6.92 Å². The quantitative estimate of drug-likeness (QED) is 0.425. The Bertz CT molecular complexity index is 156. The highest BCUT2D eigenvalue weighted by Crippen LogP contribution is 1.92. The zero-order chi connectivity index (χ0) is 8.85. The molecule has 0 bridgehead atoms. The summed E-state index contributed by atoms with van der Waals surface area (Å²) in [6, 6.07) is 0. The molecule has 0 aliphatic rings. The second kappa shape index (κ2) is 4.87. The van der Waals surface area contributed by atoms with Crippen LogP contribution < -0.4 is 5.73 Å². The molecule has 0 saturated carbocycles. The summed E-state index contributed by atoms with van der Waals surface area (Å²) >= 11 is 0. The Balaban J connectivity index is 3.54. The first kappa shape index (κ1) is 10.1. The van der Waals surface area contributed by atoms with E-state index in [0.29, 0.717) is 5.57 Å². The van der Waals surface area contributed by atoms with Gasteiger partial charge in [-0.25, -0.2) is 4.79 Å². The third-order valence-corrected chi connectivity index (χ3v) is 1.03. The van der Waals surface area contributed by atoms with E-state index in [9.17, 15) is 4.79 Å². The molecule has 1 atom stereocenters. The van der Waals surface area contributed by atoms with Crippen LogP contribution in [0.25, 0.3) is 0 Å². The van der Waals surface area contributed by atoms with Crippen molar-refractivity contribution in [1.82, 2.24) is 0 Å². The largest absolute Gasteiger partial charge is 0.460 e. The second-order valence-corrected chi connectivity index (χ2v) is 2.27. The summed E-state index contributed by atoms with van der Waals surface area (Å²) in [5, 5.41) is 8.86. The topological polar surface area (TPSA) is 72.5 Å². The highest BCUT2D eigenvalue weighted by atomic mass is 16.5. The van der Waals surface area contributed by atoms with E-state index in [4.69, 9.17) is 10.8 Å². The summed E-state index contributed by atoms with van der Waals surface area (Å²) in [6.45, 7) is 4.93. The van der Waals surface area contributed by atoms with Gasteiger partial charge in [-0.1, -0.05) is 6.58 Å². The van der Waals surface area contributed by atoms with Gasteiger partial charge in [0.2, 0.25) is 0 Å². The molecular formula is C7H13NO3. The summed E-state index contributed by atoms with van der Waals surface area (Å²) in [5.41, 5.74) is 5.38. The maximum atomic E-state index is 10.7. The normalized spacial score (nSPS) is 12.3. The number of esters is 1. The van der Waals surface area contributed by atoms with Crippen LogP contribution in [0.4, 0.5) is 0 Å². The highest BCUT2D eigenvalue weighted by molar-refractivity contribution is 5.86. The molecule has 0 aliphatic carbocycles. The molecular weight excluding hydrogens is 146 g/mol. The fourth-order valence-corrected chi connectivity index (χ4v) is 0.363. The number of ether oxygens (including phenoxy) is 1. The van der Waals surface area contributed by atoms with E-state index in [2.05, 4.69) is 11.3 Å². The molecule has 0 radical (unpaired) electrons. The lowest BCUT2D eigenvalue weighted by Gasteiger charge is -2.07. The van der Waals surface area contributed by atoms with Crippen LogP contribution >= 0.6 is 0 Å². The SMILES string of the molecule is C=C(C)C(=O)OCC(O)CN. The molecule has 0 amide bonds. The van der Waals surface area contributed by atoms with Crippen molar-refractivity contribution in [2.75, 3.05) is 13.2 Å². The lowest BCUT2D eigenvalue weighted by atomic mass is 10.3. The van der Waals surface area contributed by atoms with Gasteiger partial charge in [-0.15, -0.1) is 0 Å². The molecule has 0 heterocycles. The standard InChI is InChI=1S/C7H13NO3/c1-5(2)7(10)11-4-6(9)3-8/h6,9H,1,3-4,8H2,2H3. The van der Waals surface area contributed by atoms with Crippen molar-refractivity contribution in [2.24, 2.45) is 5.73 Å². The number of aliphatic hydroxyl groups is 1. The number of carbonyl (C=O) groups is 1. The lowest BCUT2D eigenvalue weighted by molar-refractivity contribution is -0.141. The molecule has 11 heavy (non-hydrogen) atoms. The van der Waals surface area contributed by atoms with Crippen molar-refractivity contribution in [3.63, 3.8) is 0 Å². The Labute approximate surface area is 65.6 Å². The fraction of sp³-hybridized carbons (Fsp3) is 0.571. The van der Waals surface area contributed by atoms with Crippen molar-refractivity contribution in [2.45, 2.75) is 13.0 Å². The smallest absolute Gasteiger partial charge is 0.333 e. The third kappa shape index (κ3) is 4.52. The predicted octanol–water partition coefficient (Wildman–Crippen LogP) is -0.575. The molecule has 0 aromatic rings. The summed E-state index contributed by atoms with van der Waals surface area (Å²) < 4.78 is 4.59. The van der Waals surface area contributed by atoms with Crippen LogP contribution in [-0.4, -0.2) is 30.3 Å². The Kier molecular flexibility index (Phi) is 4.49. The van der Waals surface area contributed by atoms with Gasteiger partial charge in [-0.05, 0) is 6.92 Å². The van der Waals surface area contributed by atoms with E-state index < -0.39 is 12.1 Å². The van der Waals surface area contributed by atoms with Gasteiger partial charge in [0.15, 0.2) is 0 Å². The number of carbonyl (C=O) groups excluding carboxylic acids is 1. The average Bonchev–Trinajstić information content (AvgIpc) is 1.99. The first-order valence-electron chi connectivity index (χ1n) is 3.28. The first-order valence-corrected chi connectivity index (χ1v) is 3.28. The Morgan fingerprint density at radius 2 is 2.36 bits per heavy atom. The molecule has 4 nitrogen and oxygen atoms in total. The summed E-state index contributed by atoms with van der Waals surface area (Å²) in [4.78, 5) is 10.7. The van der Waals surface area contributed by atoms with E-state index in [1.54, 1.807) is 0 Å². The van der Waals surface area contributed by atoms with Gasteiger partial charge in [0.1, 0.15) is 12.7 Å². The van der Waals surface area contributed by atoms with E-state index in [0.717, 1.165) is 0 Å². The van der Waals surface area contributed by atoms with Crippen molar-refractivity contribution in [3.8, 4) is 0 Å². The van der Waals surface area contributed by atoms with Crippen LogP contribution in [0, 0.1) is 0 Å². The van der Waals surface area contributed by atoms with E-state index in [-0.39, 0.29) is 13.2 Å². The molecule has 0 rings (SSSR count). The number of hydrogen-bond acceptors (Lipinski definition) is 4. The van der Waals surface area contributed by atoms with Crippen LogP contribution in [0.2, 0.25) is 0 Å². The van der Waals surface area contributed by atoms with Gasteiger partial charge in [0.05, 0.1) is 0 Å². The zero-order valence-electron chi connectivity index (χ0n) is 6.54. The minimum Gasteiger partial charge on any atom is -0.460 e. The molecule has 0 saturated heterocycles. The van der Waals surface area contributed by atoms with Gasteiger partial charge >= 0.3 is 5.97 Å². The molecule has 3 N–H and O–H groups in total. The van der Waals surface area contributed by atoms with Crippen molar-refractivity contribution >= 4 is 5.97 Å². The van der Waals surface area contributed by atoms with Crippen LogP contribution in [-0.2, 0) is 9.53 Å². The van der Waals surface area contributed by atoms with E-state index in [1.165, 1.54) is 6.92 Å². The number of nitrogens with two attached hydrogens (primary N) is 1. The first-order chi connectivity index (χ1) is 5.07. The lowest BCUT2D eigenvalue weighted by Crippen LogP contribution is -2.26. The fourth-order valence-electron chi connectivity index (χ4n) is 0.363. The summed E-state index contributed by atoms with van der Waals surface area (Å²) in [7, 11) is 0. The van der Waals surface area contributed by atoms with Gasteiger partial charge < -0.3 is 15.6 Å². The molecule has 0 aliphatic heterocycles. The molecule has 0 aromatic carbocycles. The van der Waals surface area contributed by atoms with Crippen molar-refractivity contribution in [1.29, 1.82) is 0 Å². The predicted molar refractivity (Wildman–Crippen MR) is 40.8 cm³/mol. The van der Waals surface area contributed by atoms with Gasteiger partial charge in [-0.3, -0.25) is 0 Å². The van der Waals surface area contributed by atoms with Gasteiger partial charge in [-0.2, -0.15) is 0 Å². The van der Waals surface area contributed by atoms with Gasteiger partial charge in [0, 0.05) is 12.1 Å². The summed E-state index contributed by atoms with van der Waals surface area (Å²) in [5.74, 6) is -0.502. The second-order valence-electron chi connectivity index (χ2n) is 2.27. The number of hydrogen-bond donors (Lipinski definition) is 2. The van der Waals surface area contributed by atoms with Crippen LogP contribution in [0.3, 0.4) is 0 Å². The minimum absolute atomic E-state index is 0.0673. The van der Waals surface area contributed by atoms with E-state index in [1.807, 2.05) is 0 Å². The van der Waals surface area contributed by atoms with Crippen molar-refractivity contribution in [3.05, 3.63) is 12.2 Å². The highest BCUT2D eigenvalue weighted by Gasteiger charge is 2.06. The molecule has 1 unspecified atom stereocenters. The maximum absolute atomic E-state index is 10.7. The van der Waals surface area contributed by atoms with Crippen molar-refractivity contribution < 1.29 is 14.6 Å². The third-order valence-electron chi connectivity index (χ3n) is 1.03. The number of rotatable bonds is 4. The number of aliphatic hydroxyl groups excluding tert-OH is 1. The van der Waals surface area contributed by atoms with Crippen LogP contribution in [0.5, 0.6) is 0 Å². The minimum atomic E-state index is -0.779.